The van der Waals surface area contributed by atoms with Crippen molar-refractivity contribution in [2.45, 2.75) is 117 Å². The molecule has 384 valence electrons. The van der Waals surface area contributed by atoms with Gasteiger partial charge in [0, 0.05) is 73.4 Å². The van der Waals surface area contributed by atoms with Crippen LogP contribution in [0.5, 0.6) is 0 Å². The Morgan fingerprint density at radius 3 is 1.71 bits per heavy atom. The smallest absolute Gasteiger partial charge is 0.397 e. The summed E-state index contributed by atoms with van der Waals surface area (Å²) >= 11 is 0. The monoisotopic (exact) mass is 1000 g/mol. The standard InChI is InChI=1S/C43H53F12N9O5/c1-6-32(66)63-34(36(58)68)41(5,43(53,54)55)15-29(57)25(19-61-39(48)49)22-10-8-21(9-11-22)12-30(62-37(69)35(64-33(67)7-2)40(3,4)42(50,51)52)31(65)20-59-18-26-27(44)13-23(14-28(26)45)24(16-56)17-60-38(46)47/h8-11,13-14,16-17,19,30-31,34-35,38-39,59,65H,6-7,12,15,18,20,56-57H2,1-5H3,(H2,58,68)(H,62,69)(H,63,66)(H,64,67)/t30-,31-,34+,35+,41?/m0/s1. The maximum atomic E-state index is 15.1. The number of aliphatic imine (C=N–C) groups is 2. The molecule has 11 N–H and O–H groups in total. The second-order valence-corrected chi connectivity index (χ2v) is 16.2. The summed E-state index contributed by atoms with van der Waals surface area (Å²) in [7, 11) is 0. The number of nitrogens with zero attached hydrogens (tertiary/aromatic N) is 2. The van der Waals surface area contributed by atoms with Gasteiger partial charge in [-0.05, 0) is 56.0 Å². The molecule has 0 saturated heterocycles. The normalized spacial score (nSPS) is 16.0. The van der Waals surface area contributed by atoms with E-state index in [1.807, 2.05) is 10.6 Å². The third kappa shape index (κ3) is 16.2. The predicted molar refractivity (Wildman–Crippen MR) is 231 cm³/mol. The van der Waals surface area contributed by atoms with Crippen molar-refractivity contribution in [3.8, 4) is 0 Å². The molecule has 0 fully saturated rings. The highest BCUT2D eigenvalue weighted by molar-refractivity contribution is 6.11. The lowest BCUT2D eigenvalue weighted by molar-refractivity contribution is -0.227. The number of hydrogen-bond donors (Lipinski definition) is 8. The van der Waals surface area contributed by atoms with E-state index in [0.29, 0.717) is 33.2 Å². The van der Waals surface area contributed by atoms with Crippen LogP contribution in [-0.4, -0.2) is 97.4 Å². The van der Waals surface area contributed by atoms with Crippen LogP contribution in [0.4, 0.5) is 52.7 Å². The third-order valence-corrected chi connectivity index (χ3v) is 10.9. The Labute approximate surface area is 388 Å². The molecule has 2 aromatic carbocycles. The summed E-state index contributed by atoms with van der Waals surface area (Å²) in [5.74, 6) is -7.40. The van der Waals surface area contributed by atoms with Gasteiger partial charge in [0.2, 0.25) is 23.6 Å². The molecule has 0 spiro atoms. The lowest BCUT2D eigenvalue weighted by atomic mass is 9.75. The largest absolute Gasteiger partial charge is 0.404 e. The van der Waals surface area contributed by atoms with Crippen LogP contribution >= 0.6 is 0 Å². The molecule has 0 heterocycles. The number of nitrogens with two attached hydrogens (primary N) is 3. The number of primary amides is 1. The molecule has 0 aliphatic heterocycles. The Bertz CT molecular complexity index is 2210. The highest BCUT2D eigenvalue weighted by Crippen LogP contribution is 2.46. The van der Waals surface area contributed by atoms with Crippen LogP contribution in [0.3, 0.4) is 0 Å². The number of alkyl halides is 10. The van der Waals surface area contributed by atoms with E-state index in [9.17, 15) is 68.2 Å². The molecule has 0 aromatic heterocycles. The molecule has 5 atom stereocenters. The molecule has 2 rings (SSSR count). The van der Waals surface area contributed by atoms with Gasteiger partial charge in [0.1, 0.15) is 23.7 Å². The molecule has 0 bridgehead atoms. The molecule has 14 nitrogen and oxygen atoms in total. The van der Waals surface area contributed by atoms with Gasteiger partial charge in [-0.3, -0.25) is 19.2 Å². The number of aliphatic hydroxyl groups excluding tert-OH is 1. The van der Waals surface area contributed by atoms with Gasteiger partial charge in [-0.1, -0.05) is 38.1 Å². The summed E-state index contributed by atoms with van der Waals surface area (Å²) in [6.07, 6.45) is -12.9. The highest BCUT2D eigenvalue weighted by Gasteiger charge is 2.59. The zero-order valence-electron chi connectivity index (χ0n) is 37.6. The van der Waals surface area contributed by atoms with Crippen molar-refractivity contribution in [3.63, 3.8) is 0 Å². The van der Waals surface area contributed by atoms with Gasteiger partial charge in [0.05, 0.1) is 23.0 Å². The van der Waals surface area contributed by atoms with Crippen LogP contribution in [0, 0.1) is 22.5 Å². The summed E-state index contributed by atoms with van der Waals surface area (Å²) in [5.41, 5.74) is 8.11. The minimum Gasteiger partial charge on any atom is -0.404 e. The predicted octanol–water partition coefficient (Wildman–Crippen LogP) is 5.52. The molecule has 0 saturated carbocycles. The first-order chi connectivity index (χ1) is 31.8. The number of allylic oxidation sites excluding steroid dienone is 3. The molecule has 0 aliphatic carbocycles. The quantitative estimate of drug-likeness (QED) is 0.0378. The molecule has 2 aromatic rings. The average Bonchev–Trinajstić information content (AvgIpc) is 3.24. The maximum Gasteiger partial charge on any atom is 0.397 e. The minimum atomic E-state index is -5.30. The van der Waals surface area contributed by atoms with Crippen LogP contribution in [0.2, 0.25) is 0 Å². The van der Waals surface area contributed by atoms with Crippen molar-refractivity contribution in [2.24, 2.45) is 38.0 Å². The summed E-state index contributed by atoms with van der Waals surface area (Å²) in [6, 6.07) is -0.139. The fraction of sp³-hybridized carbons (Fsp3) is 0.488. The van der Waals surface area contributed by atoms with E-state index < -0.39 is 139 Å². The SMILES string of the molecule is CCC(=O)N[C@H](C(=O)N[C@@H](Cc1ccc(C(C=NC(F)F)=C(N)CC(C)([C@H](NC(=O)CC)C(N)=O)C(F)(F)F)cc1)[C@@H](O)CNCc1c(F)cc(C(C=NC(F)F)=CN)cc1F)C(C)(C)C(F)(F)F. The molecule has 4 amide bonds. The van der Waals surface area contributed by atoms with E-state index >= 15 is 8.78 Å². The minimum absolute atomic E-state index is 0.110. The summed E-state index contributed by atoms with van der Waals surface area (Å²) in [6.45, 7) is -3.51. The Kier molecular flexibility index (Phi) is 21.3. The maximum absolute atomic E-state index is 15.1. The van der Waals surface area contributed by atoms with Crippen molar-refractivity contribution in [2.75, 3.05) is 6.54 Å². The van der Waals surface area contributed by atoms with Crippen LogP contribution in [0.15, 0.2) is 58.3 Å². The zero-order chi connectivity index (χ0) is 52.8. The molecular weight excluding hydrogens is 951 g/mol. The molecule has 26 heteroatoms. The first-order valence-corrected chi connectivity index (χ1v) is 20.7. The van der Waals surface area contributed by atoms with Crippen LogP contribution in [0.1, 0.15) is 76.1 Å². The average molecular weight is 1000 g/mol. The van der Waals surface area contributed by atoms with Crippen LogP contribution < -0.4 is 38.5 Å². The number of carbonyl (C=O) groups excluding carboxylic acids is 4. The van der Waals surface area contributed by atoms with E-state index in [2.05, 4.69) is 20.6 Å². The zero-order valence-corrected chi connectivity index (χ0v) is 37.6. The van der Waals surface area contributed by atoms with Crippen molar-refractivity contribution in [3.05, 3.63) is 82.2 Å². The van der Waals surface area contributed by atoms with E-state index in [-0.39, 0.29) is 35.1 Å². The van der Waals surface area contributed by atoms with Gasteiger partial charge < -0.3 is 43.6 Å². The van der Waals surface area contributed by atoms with Crippen LogP contribution in [-0.2, 0) is 32.1 Å². The van der Waals surface area contributed by atoms with Crippen LogP contribution in [0.25, 0.3) is 11.1 Å². The summed E-state index contributed by atoms with van der Waals surface area (Å²) in [4.78, 5) is 56.2. The number of nitrogens with one attached hydrogen (secondary N) is 4. The van der Waals surface area contributed by atoms with E-state index in [0.717, 1.165) is 30.5 Å². The van der Waals surface area contributed by atoms with Gasteiger partial charge in [0.25, 0.3) is 0 Å². The summed E-state index contributed by atoms with van der Waals surface area (Å²) < 4.78 is 169. The van der Waals surface area contributed by atoms with Gasteiger partial charge in [0.15, 0.2) is 0 Å². The fourth-order valence-electron chi connectivity index (χ4n) is 6.54. The molecular formula is C43H53F12N9O5. The van der Waals surface area contributed by atoms with Crippen molar-refractivity contribution in [1.82, 2.24) is 21.3 Å². The number of amides is 4. The third-order valence-electron chi connectivity index (χ3n) is 10.9. The fourth-order valence-corrected chi connectivity index (χ4v) is 6.54. The van der Waals surface area contributed by atoms with Crippen molar-refractivity contribution >= 4 is 47.2 Å². The molecule has 0 radical (unpaired) electrons. The van der Waals surface area contributed by atoms with Gasteiger partial charge in [-0.2, -0.15) is 43.9 Å². The Morgan fingerprint density at radius 1 is 0.754 bits per heavy atom. The van der Waals surface area contributed by atoms with Gasteiger partial charge >= 0.3 is 25.5 Å². The second-order valence-electron chi connectivity index (χ2n) is 16.2. The number of benzene rings is 2. The van der Waals surface area contributed by atoms with E-state index in [1.54, 1.807) is 0 Å². The van der Waals surface area contributed by atoms with Crippen molar-refractivity contribution in [1.29, 1.82) is 0 Å². The summed E-state index contributed by atoms with van der Waals surface area (Å²) in [5, 5.41) is 20.1. The lowest BCUT2D eigenvalue weighted by Crippen LogP contribution is -2.62. The van der Waals surface area contributed by atoms with Crippen molar-refractivity contribution < 1.29 is 77.0 Å². The number of aliphatic hydroxyl groups is 1. The Morgan fingerprint density at radius 2 is 1.26 bits per heavy atom. The number of hydrogen-bond acceptors (Lipinski definition) is 10. The van der Waals surface area contributed by atoms with Gasteiger partial charge in [-0.25, -0.2) is 18.8 Å². The second kappa shape index (κ2) is 24.9. The Balaban J connectivity index is 2.67. The Hall–Kier alpha value is -6.18. The number of halogens is 12. The highest BCUT2D eigenvalue weighted by atomic mass is 19.4. The lowest BCUT2D eigenvalue weighted by Gasteiger charge is -2.38. The molecule has 1 unspecified atom stereocenters. The number of carbonyl (C=O) groups is 4. The number of rotatable bonds is 24. The van der Waals surface area contributed by atoms with E-state index in [4.69, 9.17) is 17.2 Å². The van der Waals surface area contributed by atoms with Gasteiger partial charge in [-0.15, -0.1) is 0 Å². The van der Waals surface area contributed by atoms with E-state index in [1.165, 1.54) is 26.0 Å². The molecule has 69 heavy (non-hydrogen) atoms. The molecule has 0 aliphatic rings. The first kappa shape index (κ1) is 58.9. The first-order valence-electron chi connectivity index (χ1n) is 20.7. The topological polar surface area (TPSA) is 239 Å².